The molecule has 1 aromatic carbocycles. The van der Waals surface area contributed by atoms with Gasteiger partial charge in [-0.1, -0.05) is 34.4 Å². The number of carboxylic acids is 1. The third-order valence-electron chi connectivity index (χ3n) is 3.78. The predicted molar refractivity (Wildman–Crippen MR) is 97.8 cm³/mol. The lowest BCUT2D eigenvalue weighted by molar-refractivity contribution is 0.0686. The highest BCUT2D eigenvalue weighted by atomic mass is 35.5. The van der Waals surface area contributed by atoms with E-state index in [1.807, 2.05) is 6.07 Å². The summed E-state index contributed by atoms with van der Waals surface area (Å²) in [5.74, 6) is -0.417. The number of thiophene rings is 1. The van der Waals surface area contributed by atoms with Gasteiger partial charge < -0.3 is 14.2 Å². The smallest absolute Gasteiger partial charge is 0.352 e. The molecule has 3 heterocycles. The first-order valence-electron chi connectivity index (χ1n) is 7.24. The van der Waals surface area contributed by atoms with Crippen LogP contribution < -0.4 is 0 Å². The van der Waals surface area contributed by atoms with E-state index in [1.165, 1.54) is 11.3 Å². The minimum Gasteiger partial charge on any atom is -0.477 e. The predicted octanol–water partition coefficient (Wildman–Crippen LogP) is 5.41. The molecule has 3 aromatic heterocycles. The van der Waals surface area contributed by atoms with Crippen molar-refractivity contribution in [2.45, 2.75) is 6.54 Å². The van der Waals surface area contributed by atoms with Crippen LogP contribution in [0.5, 0.6) is 0 Å². The van der Waals surface area contributed by atoms with Gasteiger partial charge in [0.25, 0.3) is 0 Å². The fourth-order valence-corrected chi connectivity index (χ4v) is 3.84. The van der Waals surface area contributed by atoms with Crippen LogP contribution in [0.25, 0.3) is 21.5 Å². The van der Waals surface area contributed by atoms with Crippen LogP contribution in [0.15, 0.2) is 47.0 Å². The van der Waals surface area contributed by atoms with Crippen LogP contribution in [0.3, 0.4) is 0 Å². The van der Waals surface area contributed by atoms with Crippen LogP contribution in [0, 0.1) is 0 Å². The maximum atomic E-state index is 11.6. The van der Waals surface area contributed by atoms with Gasteiger partial charge in [-0.25, -0.2) is 4.79 Å². The van der Waals surface area contributed by atoms with E-state index >= 15 is 0 Å². The van der Waals surface area contributed by atoms with Gasteiger partial charge >= 0.3 is 5.97 Å². The molecule has 0 saturated carbocycles. The van der Waals surface area contributed by atoms with E-state index in [2.05, 4.69) is 5.16 Å². The van der Waals surface area contributed by atoms with Gasteiger partial charge in [-0.2, -0.15) is 0 Å². The molecule has 0 amide bonds. The lowest BCUT2D eigenvalue weighted by Crippen LogP contribution is -2.09. The maximum absolute atomic E-state index is 11.6. The number of aromatic nitrogens is 2. The van der Waals surface area contributed by atoms with E-state index in [9.17, 15) is 9.90 Å². The molecule has 5 nitrogen and oxygen atoms in total. The van der Waals surface area contributed by atoms with Crippen LogP contribution in [0.4, 0.5) is 0 Å². The van der Waals surface area contributed by atoms with Crippen molar-refractivity contribution in [1.82, 2.24) is 9.72 Å². The van der Waals surface area contributed by atoms with Crippen LogP contribution in [0.2, 0.25) is 9.36 Å². The molecule has 0 spiro atoms. The van der Waals surface area contributed by atoms with Gasteiger partial charge in [-0.3, -0.25) is 0 Å². The molecule has 126 valence electrons. The van der Waals surface area contributed by atoms with E-state index in [1.54, 1.807) is 41.0 Å². The molecule has 0 bridgehead atoms. The van der Waals surface area contributed by atoms with Gasteiger partial charge in [0.1, 0.15) is 11.4 Å². The average molecular weight is 393 g/mol. The van der Waals surface area contributed by atoms with Crippen molar-refractivity contribution < 1.29 is 14.4 Å². The minimum absolute atomic E-state index is 0.168. The Balaban J connectivity index is 1.75. The molecule has 4 aromatic rings. The monoisotopic (exact) mass is 392 g/mol. The van der Waals surface area contributed by atoms with Gasteiger partial charge in [-0.15, -0.1) is 11.3 Å². The van der Waals surface area contributed by atoms with Gasteiger partial charge in [0, 0.05) is 16.5 Å². The Morgan fingerprint density at radius 1 is 1.20 bits per heavy atom. The summed E-state index contributed by atoms with van der Waals surface area (Å²) >= 11 is 13.4. The first-order valence-corrected chi connectivity index (χ1v) is 8.82. The molecule has 25 heavy (non-hydrogen) atoms. The highest BCUT2D eigenvalue weighted by molar-refractivity contribution is 7.19. The molecule has 1 N–H and O–H groups in total. The lowest BCUT2D eigenvalue weighted by atomic mass is 10.2. The second-order valence-corrected chi connectivity index (χ2v) is 7.56. The van der Waals surface area contributed by atoms with Crippen LogP contribution in [-0.2, 0) is 6.54 Å². The molecular formula is C17H10Cl2N2O3S. The molecule has 4 rings (SSSR count). The third kappa shape index (κ3) is 3.04. The van der Waals surface area contributed by atoms with Crippen LogP contribution >= 0.6 is 34.5 Å². The zero-order chi connectivity index (χ0) is 17.6. The first-order chi connectivity index (χ1) is 12.0. The molecule has 0 unspecified atom stereocenters. The van der Waals surface area contributed by atoms with Crippen molar-refractivity contribution >= 4 is 51.4 Å². The maximum Gasteiger partial charge on any atom is 0.352 e. The minimum atomic E-state index is -1.01. The zero-order valence-corrected chi connectivity index (χ0v) is 14.9. The number of rotatable bonds is 4. The Kier molecular flexibility index (Phi) is 4.03. The SMILES string of the molecule is O=C(O)c1cc2ccc(Cl)cc2n1Cc1cc(-c2ccc(Cl)s2)on1. The zero-order valence-electron chi connectivity index (χ0n) is 12.6. The van der Waals surface area contributed by atoms with Crippen LogP contribution in [0.1, 0.15) is 16.2 Å². The summed E-state index contributed by atoms with van der Waals surface area (Å²) in [6.07, 6.45) is 0. The fourth-order valence-electron chi connectivity index (χ4n) is 2.69. The Labute approximate surface area is 156 Å². The Morgan fingerprint density at radius 3 is 2.76 bits per heavy atom. The number of nitrogens with zero attached hydrogens (tertiary/aromatic N) is 2. The number of carbonyl (C=O) groups is 1. The fraction of sp³-hybridized carbons (Fsp3) is 0.0588. The topological polar surface area (TPSA) is 68.3 Å². The van der Waals surface area contributed by atoms with E-state index in [-0.39, 0.29) is 12.2 Å². The van der Waals surface area contributed by atoms with E-state index < -0.39 is 5.97 Å². The molecule has 0 fully saturated rings. The molecular weight excluding hydrogens is 383 g/mol. The molecule has 0 atom stereocenters. The van der Waals surface area contributed by atoms with Crippen molar-refractivity contribution in [3.8, 4) is 10.6 Å². The number of halogens is 2. The van der Waals surface area contributed by atoms with Gasteiger partial charge in [0.15, 0.2) is 5.76 Å². The van der Waals surface area contributed by atoms with Crippen molar-refractivity contribution in [2.24, 2.45) is 0 Å². The second kappa shape index (κ2) is 6.22. The number of carboxylic acid groups (broad SMARTS) is 1. The lowest BCUT2D eigenvalue weighted by Gasteiger charge is -2.06. The average Bonchev–Trinajstić information content (AvgIpc) is 3.27. The van der Waals surface area contributed by atoms with Crippen molar-refractivity contribution in [2.75, 3.05) is 0 Å². The summed E-state index contributed by atoms with van der Waals surface area (Å²) < 4.78 is 7.68. The normalized spacial score (nSPS) is 11.3. The summed E-state index contributed by atoms with van der Waals surface area (Å²) in [7, 11) is 0. The quantitative estimate of drug-likeness (QED) is 0.503. The molecule has 0 aliphatic rings. The molecule has 0 radical (unpaired) electrons. The van der Waals surface area contributed by atoms with Gasteiger partial charge in [0.2, 0.25) is 0 Å². The Hall–Kier alpha value is -2.28. The van der Waals surface area contributed by atoms with Crippen molar-refractivity contribution in [1.29, 1.82) is 0 Å². The first kappa shape index (κ1) is 16.2. The van der Waals surface area contributed by atoms with E-state index in [4.69, 9.17) is 27.7 Å². The summed E-state index contributed by atoms with van der Waals surface area (Å²) in [6, 6.07) is 12.3. The van der Waals surface area contributed by atoms with E-state index in [0.29, 0.717) is 20.8 Å². The number of hydrogen-bond acceptors (Lipinski definition) is 4. The standard InChI is InChI=1S/C17H10Cl2N2O3S/c18-10-2-1-9-5-13(17(22)23)21(12(9)6-10)8-11-7-14(24-20-11)15-3-4-16(19)25-15/h1-7H,8H2,(H,22,23). The summed E-state index contributed by atoms with van der Waals surface area (Å²) in [6.45, 7) is 0.258. The van der Waals surface area contributed by atoms with Crippen molar-refractivity contribution in [3.05, 3.63) is 63.2 Å². The van der Waals surface area contributed by atoms with Crippen molar-refractivity contribution in [3.63, 3.8) is 0 Å². The highest BCUT2D eigenvalue weighted by Gasteiger charge is 2.17. The number of fused-ring (bicyclic) bond motifs is 1. The van der Waals surface area contributed by atoms with E-state index in [0.717, 1.165) is 15.8 Å². The third-order valence-corrected chi connectivity index (χ3v) is 5.26. The van der Waals surface area contributed by atoms with Gasteiger partial charge in [0.05, 0.1) is 21.3 Å². The number of aromatic carboxylic acids is 1. The summed E-state index contributed by atoms with van der Waals surface area (Å²) in [4.78, 5) is 12.4. The molecule has 8 heteroatoms. The van der Waals surface area contributed by atoms with Crippen LogP contribution in [-0.4, -0.2) is 20.8 Å². The number of benzene rings is 1. The number of hydrogen-bond donors (Lipinski definition) is 1. The second-order valence-electron chi connectivity index (χ2n) is 5.41. The Bertz CT molecular complexity index is 1100. The molecule has 0 aliphatic heterocycles. The molecule has 0 aliphatic carbocycles. The largest absolute Gasteiger partial charge is 0.477 e. The summed E-state index contributed by atoms with van der Waals surface area (Å²) in [5.41, 5.74) is 1.51. The summed E-state index contributed by atoms with van der Waals surface area (Å²) in [5, 5.41) is 14.9. The van der Waals surface area contributed by atoms with Gasteiger partial charge in [-0.05, 0) is 30.3 Å². The Morgan fingerprint density at radius 2 is 2.04 bits per heavy atom. The highest BCUT2D eigenvalue weighted by Crippen LogP contribution is 2.32. The molecule has 0 saturated heterocycles.